The summed E-state index contributed by atoms with van der Waals surface area (Å²) in [6, 6.07) is 19.4. The molecule has 0 saturated heterocycles. The summed E-state index contributed by atoms with van der Waals surface area (Å²) in [5, 5.41) is 1.29. The van der Waals surface area contributed by atoms with Crippen molar-refractivity contribution in [3.05, 3.63) is 95.6 Å². The Morgan fingerprint density at radius 3 is 2.06 bits per heavy atom. The fourth-order valence-electron chi connectivity index (χ4n) is 6.24. The van der Waals surface area contributed by atoms with Crippen molar-refractivity contribution in [3.8, 4) is 0 Å². The van der Waals surface area contributed by atoms with Gasteiger partial charge in [-0.2, -0.15) is 0 Å². The van der Waals surface area contributed by atoms with E-state index in [0.29, 0.717) is 16.6 Å². The third-order valence-electron chi connectivity index (χ3n) is 7.63. The lowest BCUT2D eigenvalue weighted by Crippen LogP contribution is -2.51. The predicted molar refractivity (Wildman–Crippen MR) is 147 cm³/mol. The first-order valence-corrected chi connectivity index (χ1v) is 14.9. The fourth-order valence-corrected chi connectivity index (χ4v) is 12.8. The molecular weight excluding hydrogens is 430 g/mol. The minimum absolute atomic E-state index is 0.628. The van der Waals surface area contributed by atoms with E-state index in [1.807, 2.05) is 6.20 Å². The number of hydrogen-bond acceptors (Lipinski definition) is 2. The highest BCUT2D eigenvalue weighted by atomic mass is 28.3. The number of aromatic nitrogens is 3. The van der Waals surface area contributed by atoms with Gasteiger partial charge in [-0.05, 0) is 64.4 Å². The molecule has 0 atom stereocenters. The molecule has 34 heavy (non-hydrogen) atoms. The zero-order valence-electron chi connectivity index (χ0n) is 21.6. The first-order chi connectivity index (χ1) is 16.3. The van der Waals surface area contributed by atoms with Gasteiger partial charge in [-0.3, -0.25) is 4.98 Å². The summed E-state index contributed by atoms with van der Waals surface area (Å²) >= 11 is 0. The smallest absolute Gasteiger partial charge is 0.171 e. The van der Waals surface area contributed by atoms with E-state index < -0.39 is 8.24 Å². The second kappa shape index (κ2) is 10.3. The Balaban J connectivity index is 1.63. The normalized spacial score (nSPS) is 12.4. The van der Waals surface area contributed by atoms with Crippen LogP contribution in [-0.4, -0.2) is 22.4 Å². The first kappa shape index (κ1) is 24.4. The van der Waals surface area contributed by atoms with E-state index in [2.05, 4.69) is 113 Å². The van der Waals surface area contributed by atoms with E-state index >= 15 is 0 Å². The van der Waals surface area contributed by atoms with Crippen LogP contribution in [0.15, 0.2) is 73.2 Å². The summed E-state index contributed by atoms with van der Waals surface area (Å²) in [7, 11) is -1.88. The average molecular weight is 470 g/mol. The number of fused-ring (bicyclic) bond motifs is 1. The van der Waals surface area contributed by atoms with Crippen LogP contribution in [0.2, 0.25) is 16.6 Å². The highest BCUT2D eigenvalue weighted by Crippen LogP contribution is 2.44. The lowest BCUT2D eigenvalue weighted by molar-refractivity contribution is 0.769. The molecule has 0 aliphatic rings. The molecule has 3 heterocycles. The monoisotopic (exact) mass is 469 g/mol. The molecule has 4 rings (SSSR count). The predicted octanol–water partition coefficient (Wildman–Crippen LogP) is 7.83. The molecule has 0 unspecified atom stereocenters. The number of hydrogen-bond donors (Lipinski definition) is 0. The van der Waals surface area contributed by atoms with Crippen molar-refractivity contribution >= 4 is 19.3 Å². The molecule has 0 N–H and O–H groups in total. The van der Waals surface area contributed by atoms with Gasteiger partial charge in [0.2, 0.25) is 0 Å². The Labute approximate surface area is 206 Å². The molecule has 0 saturated carbocycles. The van der Waals surface area contributed by atoms with Crippen molar-refractivity contribution in [1.82, 2.24) is 14.2 Å². The van der Waals surface area contributed by atoms with Gasteiger partial charge in [0.05, 0.1) is 0 Å². The zero-order valence-corrected chi connectivity index (χ0v) is 22.6. The van der Waals surface area contributed by atoms with Crippen molar-refractivity contribution in [2.24, 2.45) is 0 Å². The van der Waals surface area contributed by atoms with Gasteiger partial charge >= 0.3 is 0 Å². The Morgan fingerprint density at radius 1 is 0.735 bits per heavy atom. The summed E-state index contributed by atoms with van der Waals surface area (Å²) in [4.78, 5) is 9.70. The van der Waals surface area contributed by atoms with E-state index in [-0.39, 0.29) is 0 Å². The molecule has 178 valence electrons. The number of pyridine rings is 2. The molecule has 3 aromatic heterocycles. The molecule has 3 nitrogen and oxygen atoms in total. The van der Waals surface area contributed by atoms with Gasteiger partial charge in [0, 0.05) is 36.1 Å². The van der Waals surface area contributed by atoms with Crippen molar-refractivity contribution < 1.29 is 0 Å². The van der Waals surface area contributed by atoms with Crippen molar-refractivity contribution in [2.75, 3.05) is 0 Å². The highest BCUT2D eigenvalue weighted by Gasteiger charge is 2.46. The van der Waals surface area contributed by atoms with Crippen LogP contribution in [0.25, 0.3) is 11.0 Å². The molecule has 4 heteroatoms. The molecule has 0 amide bonds. The second-order valence-corrected chi connectivity index (χ2v) is 16.3. The van der Waals surface area contributed by atoms with Crippen molar-refractivity contribution in [3.63, 3.8) is 0 Å². The van der Waals surface area contributed by atoms with Gasteiger partial charge in [0.1, 0.15) is 5.65 Å². The van der Waals surface area contributed by atoms with Crippen LogP contribution in [0.3, 0.4) is 0 Å². The lowest BCUT2D eigenvalue weighted by atomic mass is 10.0. The zero-order chi connectivity index (χ0) is 24.3. The number of nitrogens with zero attached hydrogens (tertiary/aromatic N) is 3. The summed E-state index contributed by atoms with van der Waals surface area (Å²) in [5.74, 6) is 0. The van der Waals surface area contributed by atoms with E-state index in [4.69, 9.17) is 9.97 Å². The van der Waals surface area contributed by atoms with Crippen LogP contribution < -0.4 is 0 Å². The van der Waals surface area contributed by atoms with Crippen molar-refractivity contribution in [2.45, 2.75) is 77.4 Å². The minimum Gasteiger partial charge on any atom is -0.358 e. The van der Waals surface area contributed by atoms with Crippen LogP contribution in [0.5, 0.6) is 0 Å². The Morgan fingerprint density at radius 2 is 1.44 bits per heavy atom. The minimum atomic E-state index is -1.88. The highest BCUT2D eigenvalue weighted by molar-refractivity contribution is 6.82. The summed E-state index contributed by atoms with van der Waals surface area (Å²) < 4.78 is 2.64. The molecule has 0 aliphatic heterocycles. The molecule has 0 spiro atoms. The van der Waals surface area contributed by atoms with Gasteiger partial charge in [-0.25, -0.2) is 4.98 Å². The van der Waals surface area contributed by atoms with Crippen LogP contribution in [0.4, 0.5) is 0 Å². The molecule has 4 aromatic rings. The Hall–Kier alpha value is -2.72. The molecule has 0 aliphatic carbocycles. The molecule has 1 aromatic carbocycles. The molecule has 0 radical (unpaired) electrons. The summed E-state index contributed by atoms with van der Waals surface area (Å²) in [6.07, 6.45) is 9.34. The maximum absolute atomic E-state index is 4.91. The van der Waals surface area contributed by atoms with Gasteiger partial charge in [-0.1, -0.05) is 77.9 Å². The fraction of sp³-hybridized carbons (Fsp3) is 0.400. The lowest BCUT2D eigenvalue weighted by Gasteiger charge is -2.44. The van der Waals surface area contributed by atoms with Crippen LogP contribution in [0, 0.1) is 0 Å². The maximum atomic E-state index is 4.91. The van der Waals surface area contributed by atoms with Gasteiger partial charge in [-0.15, -0.1) is 0 Å². The molecule has 0 fully saturated rings. The van der Waals surface area contributed by atoms with Gasteiger partial charge in [0.15, 0.2) is 8.24 Å². The average Bonchev–Trinajstić information content (AvgIpc) is 3.17. The van der Waals surface area contributed by atoms with Crippen LogP contribution >= 0.6 is 0 Å². The number of benzene rings is 1. The van der Waals surface area contributed by atoms with E-state index in [1.54, 1.807) is 0 Å². The third-order valence-corrected chi connectivity index (χ3v) is 14.4. The van der Waals surface area contributed by atoms with Gasteiger partial charge in [0.25, 0.3) is 0 Å². The second-order valence-electron chi connectivity index (χ2n) is 10.6. The summed E-state index contributed by atoms with van der Waals surface area (Å²) in [6.45, 7) is 14.5. The van der Waals surface area contributed by atoms with Crippen molar-refractivity contribution in [1.29, 1.82) is 0 Å². The van der Waals surface area contributed by atoms with E-state index in [9.17, 15) is 0 Å². The van der Waals surface area contributed by atoms with E-state index in [0.717, 1.165) is 30.6 Å². The standard InChI is InChI=1S/C30H39N3Si/c1-22(2)34(23(3)4,24(5)6)33-21-27(29-13-10-18-31-30(29)33)19-26-15-17-28(32-20-26)16-14-25-11-8-7-9-12-25/h7-13,15,17-18,20-24H,14,16,19H2,1-6H3. The number of aryl methyl sites for hydroxylation is 2. The van der Waals surface area contributed by atoms with Crippen LogP contribution in [0.1, 0.15) is 63.9 Å². The quantitative estimate of drug-likeness (QED) is 0.234. The number of rotatable bonds is 9. The summed E-state index contributed by atoms with van der Waals surface area (Å²) in [5.41, 5.74) is 8.19. The first-order valence-electron chi connectivity index (χ1n) is 12.8. The largest absolute Gasteiger partial charge is 0.358 e. The van der Waals surface area contributed by atoms with Gasteiger partial charge < -0.3 is 4.23 Å². The van der Waals surface area contributed by atoms with Crippen LogP contribution in [-0.2, 0) is 19.3 Å². The maximum Gasteiger partial charge on any atom is 0.171 e. The Kier molecular flexibility index (Phi) is 7.37. The third kappa shape index (κ3) is 4.61. The SMILES string of the molecule is CC(C)[Si](C(C)C)(C(C)C)n1cc(Cc2ccc(CCc3ccccc3)nc2)c2cccnc21. The Bertz CT molecular complexity index is 1190. The van der Waals surface area contributed by atoms with E-state index in [1.165, 1.54) is 22.1 Å². The molecule has 0 bridgehead atoms. The topological polar surface area (TPSA) is 30.7 Å². The molecular formula is C30H39N3Si.